The van der Waals surface area contributed by atoms with Gasteiger partial charge in [0, 0.05) is 5.56 Å². The lowest BCUT2D eigenvalue weighted by Crippen LogP contribution is -2.56. The van der Waals surface area contributed by atoms with Crippen LogP contribution in [-0.4, -0.2) is 41.7 Å². The molecule has 35 heavy (non-hydrogen) atoms. The van der Waals surface area contributed by atoms with Crippen LogP contribution in [0.25, 0.3) is 22.6 Å². The van der Waals surface area contributed by atoms with Crippen LogP contribution in [0.15, 0.2) is 36.5 Å². The molecule has 0 aliphatic carbocycles. The first kappa shape index (κ1) is 21.2. The number of nitrogens with zero attached hydrogens (tertiary/aromatic N) is 5. The Bertz CT molecular complexity index is 1600. The van der Waals surface area contributed by atoms with Crippen LogP contribution in [-0.2, 0) is 21.7 Å². The van der Waals surface area contributed by atoms with Gasteiger partial charge in [-0.15, -0.1) is 0 Å². The van der Waals surface area contributed by atoms with Gasteiger partial charge in [0.1, 0.15) is 29.0 Å². The fourth-order valence-electron chi connectivity index (χ4n) is 4.52. The van der Waals surface area contributed by atoms with Crippen LogP contribution in [0.1, 0.15) is 25.0 Å². The van der Waals surface area contributed by atoms with Gasteiger partial charge in [-0.3, -0.25) is 9.59 Å². The molecule has 1 unspecified atom stereocenters. The lowest BCUT2D eigenvalue weighted by molar-refractivity contribution is -0.158. The van der Waals surface area contributed by atoms with Crippen molar-refractivity contribution in [3.05, 3.63) is 59.3 Å². The van der Waals surface area contributed by atoms with Gasteiger partial charge in [0.25, 0.3) is 5.91 Å². The number of amides is 2. The van der Waals surface area contributed by atoms with E-state index < -0.39 is 34.5 Å². The number of hydrogen-bond donors (Lipinski definition) is 3. The lowest BCUT2D eigenvalue weighted by atomic mass is 9.69. The van der Waals surface area contributed by atoms with Crippen molar-refractivity contribution in [2.45, 2.75) is 26.0 Å². The third kappa shape index (κ3) is 2.77. The first-order valence-electron chi connectivity index (χ1n) is 10.6. The molecule has 12 heteroatoms. The van der Waals surface area contributed by atoms with Crippen molar-refractivity contribution in [3.8, 4) is 11.5 Å². The van der Waals surface area contributed by atoms with Crippen LogP contribution in [0.5, 0.6) is 0 Å². The molecule has 2 aliphatic heterocycles. The number of rotatable bonds is 3. The summed E-state index contributed by atoms with van der Waals surface area (Å²) in [7, 11) is 0. The monoisotopic (exact) mass is 477 g/mol. The second kappa shape index (κ2) is 6.85. The fraction of sp³-hybridized carbons (Fsp3) is 0.217. The maximum absolute atomic E-state index is 14.3. The Hall–Kier alpha value is -4.32. The van der Waals surface area contributed by atoms with Crippen molar-refractivity contribution in [1.29, 1.82) is 0 Å². The molecular formula is C23H17F2N7O3. The van der Waals surface area contributed by atoms with Crippen LogP contribution in [0.3, 0.4) is 0 Å². The minimum absolute atomic E-state index is 0.00101. The topological polar surface area (TPSA) is 135 Å². The zero-order chi connectivity index (χ0) is 24.7. The van der Waals surface area contributed by atoms with Crippen LogP contribution >= 0.6 is 0 Å². The van der Waals surface area contributed by atoms with Gasteiger partial charge in [-0.25, -0.2) is 28.4 Å². The molecule has 2 amide bonds. The molecule has 10 nitrogen and oxygen atoms in total. The molecule has 1 aromatic carbocycles. The summed E-state index contributed by atoms with van der Waals surface area (Å²) < 4.78 is 29.8. The van der Waals surface area contributed by atoms with E-state index in [9.17, 15) is 23.5 Å². The van der Waals surface area contributed by atoms with Gasteiger partial charge in [0.15, 0.2) is 17.1 Å². The number of carbonyl (C=O) groups is 2. The second-order valence-electron chi connectivity index (χ2n) is 8.99. The molecule has 0 saturated heterocycles. The Morgan fingerprint density at radius 2 is 1.74 bits per heavy atom. The van der Waals surface area contributed by atoms with Gasteiger partial charge < -0.3 is 15.7 Å². The molecule has 3 aromatic heterocycles. The van der Waals surface area contributed by atoms with E-state index in [-0.39, 0.29) is 46.3 Å². The number of nitrogens with one attached hydrogen (secondary N) is 2. The van der Waals surface area contributed by atoms with Gasteiger partial charge >= 0.3 is 0 Å². The van der Waals surface area contributed by atoms with E-state index in [1.165, 1.54) is 30.7 Å². The highest BCUT2D eigenvalue weighted by atomic mass is 19.1. The number of pyridine rings is 1. The summed E-state index contributed by atoms with van der Waals surface area (Å²) in [6.07, 6.45) is 1.02. The maximum atomic E-state index is 14.3. The Morgan fingerprint density at radius 3 is 2.46 bits per heavy atom. The summed E-state index contributed by atoms with van der Waals surface area (Å²) >= 11 is 0. The van der Waals surface area contributed by atoms with E-state index in [4.69, 9.17) is 0 Å². The average Bonchev–Trinajstić information content (AvgIpc) is 3.29. The Kier molecular flexibility index (Phi) is 4.16. The van der Waals surface area contributed by atoms with Gasteiger partial charge in [0.05, 0.1) is 29.1 Å². The summed E-state index contributed by atoms with van der Waals surface area (Å²) in [5.74, 6) is -2.59. The van der Waals surface area contributed by atoms with Gasteiger partial charge in [-0.1, -0.05) is 18.2 Å². The first-order chi connectivity index (χ1) is 16.6. The van der Waals surface area contributed by atoms with E-state index in [0.717, 1.165) is 6.20 Å². The molecule has 0 bridgehead atoms. The molecule has 0 fully saturated rings. The largest absolute Gasteiger partial charge is 0.374 e. The van der Waals surface area contributed by atoms with Crippen molar-refractivity contribution in [3.63, 3.8) is 0 Å². The molecule has 0 spiro atoms. The van der Waals surface area contributed by atoms with E-state index in [2.05, 4.69) is 30.7 Å². The molecule has 0 radical (unpaired) electrons. The highest BCUT2D eigenvalue weighted by molar-refractivity contribution is 6.14. The molecule has 3 N–H and O–H groups in total. The standard InChI is InChI=1S/C23H17F2N7O3/c1-22(2)20(33)29-16-14-17(30-21(34)23(14,22)35)28-18(27-16)15-12-7-11(24)8-26-19(12)32(31-15)9-10-5-3-4-6-13(10)25/h3-8,35H,9H2,1-2H3,(H2,27,28,29,30,33,34). The highest BCUT2D eigenvalue weighted by Gasteiger charge is 2.64. The Balaban J connectivity index is 1.55. The number of hydrogen-bond acceptors (Lipinski definition) is 7. The predicted octanol–water partition coefficient (Wildman–Crippen LogP) is 2.33. The zero-order valence-corrected chi connectivity index (χ0v) is 18.4. The van der Waals surface area contributed by atoms with E-state index in [0.29, 0.717) is 5.56 Å². The van der Waals surface area contributed by atoms with Crippen molar-refractivity contribution >= 4 is 34.5 Å². The van der Waals surface area contributed by atoms with Gasteiger partial charge in [-0.05, 0) is 26.0 Å². The van der Waals surface area contributed by atoms with Crippen molar-refractivity contribution in [2.24, 2.45) is 5.41 Å². The Labute approximate surface area is 196 Å². The third-order valence-electron chi connectivity index (χ3n) is 6.58. The third-order valence-corrected chi connectivity index (χ3v) is 6.58. The van der Waals surface area contributed by atoms with E-state index in [1.54, 1.807) is 18.2 Å². The number of aromatic nitrogens is 5. The number of benzene rings is 1. The SMILES string of the molecule is CC1(C)C(=O)Nc2nc(-c3nn(Cc4ccccc4F)c4ncc(F)cc34)nc3c2C1(O)C(=O)N3. The normalized spacial score (nSPS) is 20.0. The van der Waals surface area contributed by atoms with E-state index >= 15 is 0 Å². The minimum Gasteiger partial charge on any atom is -0.374 e. The predicted molar refractivity (Wildman–Crippen MR) is 119 cm³/mol. The molecule has 4 aromatic rings. The van der Waals surface area contributed by atoms with Gasteiger partial charge in [-0.2, -0.15) is 5.10 Å². The quantitative estimate of drug-likeness (QED) is 0.412. The fourth-order valence-corrected chi connectivity index (χ4v) is 4.52. The summed E-state index contributed by atoms with van der Waals surface area (Å²) in [5.41, 5.74) is -2.90. The number of fused-ring (bicyclic) bond motifs is 1. The van der Waals surface area contributed by atoms with Crippen LogP contribution in [0, 0.1) is 17.0 Å². The van der Waals surface area contributed by atoms with Crippen molar-refractivity contribution in [1.82, 2.24) is 24.7 Å². The van der Waals surface area contributed by atoms with Crippen LogP contribution in [0.4, 0.5) is 20.4 Å². The number of anilines is 2. The van der Waals surface area contributed by atoms with Crippen LogP contribution in [0.2, 0.25) is 0 Å². The average molecular weight is 477 g/mol. The van der Waals surface area contributed by atoms with Crippen LogP contribution < -0.4 is 10.6 Å². The van der Waals surface area contributed by atoms with E-state index in [1.807, 2.05) is 0 Å². The maximum Gasteiger partial charge on any atom is 0.263 e. The lowest BCUT2D eigenvalue weighted by Gasteiger charge is -2.40. The van der Waals surface area contributed by atoms with Crippen molar-refractivity contribution in [2.75, 3.05) is 10.6 Å². The van der Waals surface area contributed by atoms with Gasteiger partial charge in [0.2, 0.25) is 5.91 Å². The molecule has 5 heterocycles. The highest BCUT2D eigenvalue weighted by Crippen LogP contribution is 2.53. The molecular weight excluding hydrogens is 460 g/mol. The zero-order valence-electron chi connectivity index (χ0n) is 18.4. The Morgan fingerprint density at radius 1 is 1.06 bits per heavy atom. The molecule has 1 atom stereocenters. The summed E-state index contributed by atoms with van der Waals surface area (Å²) in [5, 5.41) is 21.1. The molecule has 2 aliphatic rings. The second-order valence-corrected chi connectivity index (χ2v) is 8.99. The minimum atomic E-state index is -2.17. The summed E-state index contributed by atoms with van der Waals surface area (Å²) in [6.45, 7) is 2.89. The molecule has 0 saturated carbocycles. The number of aliphatic hydroxyl groups is 1. The smallest absolute Gasteiger partial charge is 0.263 e. The molecule has 6 rings (SSSR count). The number of halogens is 2. The van der Waals surface area contributed by atoms with Crippen molar-refractivity contribution < 1.29 is 23.5 Å². The molecule has 176 valence electrons. The number of carbonyl (C=O) groups excluding carboxylic acids is 2. The first-order valence-corrected chi connectivity index (χ1v) is 10.6. The summed E-state index contributed by atoms with van der Waals surface area (Å²) in [6, 6.07) is 7.35. The summed E-state index contributed by atoms with van der Waals surface area (Å²) in [4.78, 5) is 38.3.